The Labute approximate surface area is 195 Å². The predicted octanol–water partition coefficient (Wildman–Crippen LogP) is 6.46. The average molecular weight is 425 g/mol. The molecule has 0 radical (unpaired) electrons. The third-order valence-electron chi connectivity index (χ3n) is 5.84. The lowest BCUT2D eigenvalue weighted by atomic mass is 9.89. The first kappa shape index (κ1) is 20.8. The van der Waals surface area contributed by atoms with Crippen molar-refractivity contribution in [1.29, 1.82) is 0 Å². The first-order chi connectivity index (χ1) is 16.3. The van der Waals surface area contributed by atoms with Crippen molar-refractivity contribution in [3.05, 3.63) is 133 Å². The SMILES string of the molecule is OBc1ccc(N(c2ccc(-c3ccccc3)cc2)c2ccc(-c3ccccc3)cc2)cc1. The van der Waals surface area contributed by atoms with E-state index >= 15 is 0 Å². The van der Waals surface area contributed by atoms with E-state index in [1.54, 1.807) is 0 Å². The van der Waals surface area contributed by atoms with Gasteiger partial charge in [0.2, 0.25) is 0 Å². The highest BCUT2D eigenvalue weighted by atomic mass is 16.2. The Morgan fingerprint density at radius 1 is 0.394 bits per heavy atom. The molecule has 5 rings (SSSR count). The number of hydrogen-bond acceptors (Lipinski definition) is 2. The van der Waals surface area contributed by atoms with Gasteiger partial charge in [-0.25, -0.2) is 0 Å². The summed E-state index contributed by atoms with van der Waals surface area (Å²) in [4.78, 5) is 2.24. The molecule has 0 aliphatic carbocycles. The van der Waals surface area contributed by atoms with Crippen LogP contribution in [-0.2, 0) is 0 Å². The summed E-state index contributed by atoms with van der Waals surface area (Å²) in [5, 5.41) is 9.47. The highest BCUT2D eigenvalue weighted by molar-refractivity contribution is 6.45. The Kier molecular flexibility index (Phi) is 6.05. The second-order valence-corrected chi connectivity index (χ2v) is 7.99. The second-order valence-electron chi connectivity index (χ2n) is 7.99. The number of anilines is 3. The number of nitrogens with zero attached hydrogens (tertiary/aromatic N) is 1. The van der Waals surface area contributed by atoms with E-state index in [1.807, 2.05) is 24.3 Å². The number of hydrogen-bond donors (Lipinski definition) is 1. The maximum Gasteiger partial charge on any atom is 0.304 e. The van der Waals surface area contributed by atoms with Gasteiger partial charge >= 0.3 is 7.48 Å². The summed E-state index contributed by atoms with van der Waals surface area (Å²) < 4.78 is 0. The number of rotatable bonds is 6. The maximum atomic E-state index is 9.47. The molecule has 0 aliphatic heterocycles. The van der Waals surface area contributed by atoms with Crippen LogP contribution in [0.2, 0.25) is 0 Å². The molecule has 0 aromatic heterocycles. The van der Waals surface area contributed by atoms with Crippen molar-refractivity contribution in [2.75, 3.05) is 4.90 Å². The van der Waals surface area contributed by atoms with Gasteiger partial charge in [0.25, 0.3) is 0 Å². The quantitative estimate of drug-likeness (QED) is 0.316. The Bertz CT molecular complexity index is 1220. The zero-order chi connectivity index (χ0) is 22.5. The standard InChI is InChI=1S/C30H24BNO/c33-31-27-15-21-30(22-16-27)32(28-17-11-25(12-18-28)23-7-3-1-4-8-23)29-19-13-26(14-20-29)24-9-5-2-6-10-24/h1-22,31,33H. The van der Waals surface area contributed by atoms with Crippen LogP contribution in [0.5, 0.6) is 0 Å². The molecule has 158 valence electrons. The third-order valence-corrected chi connectivity index (χ3v) is 5.84. The van der Waals surface area contributed by atoms with Gasteiger partial charge in [-0.15, -0.1) is 0 Å². The minimum absolute atomic E-state index is 0.0395. The molecule has 3 heteroatoms. The van der Waals surface area contributed by atoms with E-state index in [1.165, 1.54) is 22.3 Å². The topological polar surface area (TPSA) is 23.5 Å². The van der Waals surface area contributed by atoms with Gasteiger partial charge in [-0.2, -0.15) is 0 Å². The van der Waals surface area contributed by atoms with Crippen molar-refractivity contribution in [3.63, 3.8) is 0 Å². The second kappa shape index (κ2) is 9.60. The van der Waals surface area contributed by atoms with E-state index in [4.69, 9.17) is 0 Å². The minimum Gasteiger partial charge on any atom is -0.449 e. The molecule has 0 saturated heterocycles. The maximum absolute atomic E-state index is 9.47. The smallest absolute Gasteiger partial charge is 0.304 e. The molecule has 2 nitrogen and oxygen atoms in total. The highest BCUT2D eigenvalue weighted by Gasteiger charge is 2.13. The van der Waals surface area contributed by atoms with Gasteiger partial charge in [-0.1, -0.05) is 103 Å². The minimum atomic E-state index is 0.0395. The van der Waals surface area contributed by atoms with Crippen LogP contribution in [-0.4, -0.2) is 12.5 Å². The van der Waals surface area contributed by atoms with Crippen molar-refractivity contribution >= 4 is 30.0 Å². The molecule has 0 atom stereocenters. The van der Waals surface area contributed by atoms with Crippen molar-refractivity contribution in [2.24, 2.45) is 0 Å². The summed E-state index contributed by atoms with van der Waals surface area (Å²) in [5.74, 6) is 0. The molecule has 0 heterocycles. The van der Waals surface area contributed by atoms with Crippen LogP contribution in [0.4, 0.5) is 17.1 Å². The monoisotopic (exact) mass is 425 g/mol. The lowest BCUT2D eigenvalue weighted by Gasteiger charge is -2.26. The van der Waals surface area contributed by atoms with Gasteiger partial charge in [0, 0.05) is 17.1 Å². The van der Waals surface area contributed by atoms with Gasteiger partial charge in [-0.05, 0) is 58.7 Å². The number of benzene rings is 5. The van der Waals surface area contributed by atoms with Crippen LogP contribution in [0, 0.1) is 0 Å². The fourth-order valence-electron chi connectivity index (χ4n) is 4.06. The summed E-state index contributed by atoms with van der Waals surface area (Å²) in [7, 11) is 0.0395. The van der Waals surface area contributed by atoms with E-state index < -0.39 is 0 Å². The first-order valence-electron chi connectivity index (χ1n) is 11.1. The summed E-state index contributed by atoms with van der Waals surface area (Å²) in [5.41, 5.74) is 8.90. The van der Waals surface area contributed by atoms with Crippen LogP contribution in [0.1, 0.15) is 0 Å². The molecule has 33 heavy (non-hydrogen) atoms. The molecule has 1 N–H and O–H groups in total. The zero-order valence-corrected chi connectivity index (χ0v) is 18.3. The van der Waals surface area contributed by atoms with Crippen molar-refractivity contribution in [1.82, 2.24) is 0 Å². The van der Waals surface area contributed by atoms with E-state index in [-0.39, 0.29) is 7.48 Å². The molecule has 0 aliphatic rings. The van der Waals surface area contributed by atoms with Crippen molar-refractivity contribution in [3.8, 4) is 22.3 Å². The van der Waals surface area contributed by atoms with E-state index in [2.05, 4.69) is 114 Å². The van der Waals surface area contributed by atoms with E-state index in [0.717, 1.165) is 22.5 Å². The molecule has 0 unspecified atom stereocenters. The summed E-state index contributed by atoms with van der Waals surface area (Å²) in [6.07, 6.45) is 0. The lowest BCUT2D eigenvalue weighted by molar-refractivity contribution is 0.615. The van der Waals surface area contributed by atoms with Crippen molar-refractivity contribution in [2.45, 2.75) is 0 Å². The third kappa shape index (κ3) is 4.59. The largest absolute Gasteiger partial charge is 0.449 e. The lowest BCUT2D eigenvalue weighted by Crippen LogP contribution is -2.15. The predicted molar refractivity (Wildman–Crippen MR) is 141 cm³/mol. The molecular weight excluding hydrogens is 401 g/mol. The molecule has 5 aromatic carbocycles. The fraction of sp³-hybridized carbons (Fsp3) is 0. The van der Waals surface area contributed by atoms with Crippen LogP contribution in [0.15, 0.2) is 133 Å². The van der Waals surface area contributed by atoms with E-state index in [9.17, 15) is 5.02 Å². The molecule has 5 aromatic rings. The summed E-state index contributed by atoms with van der Waals surface area (Å²) >= 11 is 0. The molecule has 0 saturated carbocycles. The average Bonchev–Trinajstić information content (AvgIpc) is 2.91. The normalized spacial score (nSPS) is 10.6. The summed E-state index contributed by atoms with van der Waals surface area (Å²) in [6.45, 7) is 0. The Morgan fingerprint density at radius 2 is 0.727 bits per heavy atom. The van der Waals surface area contributed by atoms with Gasteiger partial charge in [0.1, 0.15) is 0 Å². The Morgan fingerprint density at radius 3 is 1.09 bits per heavy atom. The van der Waals surface area contributed by atoms with Crippen molar-refractivity contribution < 1.29 is 5.02 Å². The van der Waals surface area contributed by atoms with Gasteiger partial charge in [0.05, 0.1) is 0 Å². The van der Waals surface area contributed by atoms with Crippen LogP contribution < -0.4 is 10.4 Å². The first-order valence-corrected chi connectivity index (χ1v) is 11.1. The molecular formula is C30H24BNO. The molecule has 0 spiro atoms. The summed E-state index contributed by atoms with van der Waals surface area (Å²) in [6, 6.07) is 46.2. The highest BCUT2D eigenvalue weighted by Crippen LogP contribution is 2.36. The Balaban J connectivity index is 1.53. The van der Waals surface area contributed by atoms with Gasteiger partial charge in [0.15, 0.2) is 0 Å². The molecule has 0 bridgehead atoms. The molecule has 0 fully saturated rings. The van der Waals surface area contributed by atoms with Crippen LogP contribution >= 0.6 is 0 Å². The van der Waals surface area contributed by atoms with Gasteiger partial charge in [-0.3, -0.25) is 0 Å². The molecule has 0 amide bonds. The fourth-order valence-corrected chi connectivity index (χ4v) is 4.06. The zero-order valence-electron chi connectivity index (χ0n) is 18.3. The Hall–Kier alpha value is -4.08. The van der Waals surface area contributed by atoms with Crippen LogP contribution in [0.3, 0.4) is 0 Å². The van der Waals surface area contributed by atoms with E-state index in [0.29, 0.717) is 0 Å². The van der Waals surface area contributed by atoms with Gasteiger partial charge < -0.3 is 9.92 Å². The van der Waals surface area contributed by atoms with Crippen LogP contribution in [0.25, 0.3) is 22.3 Å².